The van der Waals surface area contributed by atoms with Crippen LogP contribution in [0.2, 0.25) is 0 Å². The third-order valence-corrected chi connectivity index (χ3v) is 14.5. The number of aliphatic carboxylic acids is 1. The molecule has 12 atom stereocenters. The van der Waals surface area contributed by atoms with Crippen molar-refractivity contribution < 1.29 is 34.7 Å². The van der Waals surface area contributed by atoms with Gasteiger partial charge in [-0.2, -0.15) is 0 Å². The van der Waals surface area contributed by atoms with Gasteiger partial charge in [0.25, 0.3) is 0 Å². The Morgan fingerprint density at radius 3 is 2.33 bits per heavy atom. The van der Waals surface area contributed by atoms with Crippen LogP contribution in [0.1, 0.15) is 106 Å². The van der Waals surface area contributed by atoms with Crippen LogP contribution in [0.5, 0.6) is 0 Å². The van der Waals surface area contributed by atoms with Crippen molar-refractivity contribution in [1.29, 1.82) is 0 Å². The minimum absolute atomic E-state index is 0.0529. The summed E-state index contributed by atoms with van der Waals surface area (Å²) < 4.78 is 12.1. The molecule has 1 saturated heterocycles. The highest BCUT2D eigenvalue weighted by Gasteiger charge is 2.68. The van der Waals surface area contributed by atoms with Crippen LogP contribution in [-0.4, -0.2) is 63.7 Å². The van der Waals surface area contributed by atoms with Gasteiger partial charge in [0.1, 0.15) is 18.3 Å². The summed E-state index contributed by atoms with van der Waals surface area (Å²) in [6.45, 7) is 16.5. The van der Waals surface area contributed by atoms with Gasteiger partial charge >= 0.3 is 5.97 Å². The summed E-state index contributed by atoms with van der Waals surface area (Å²) in [4.78, 5) is 12.9. The fraction of sp³-hybridized carbons (Fsp3) is 0.857. The van der Waals surface area contributed by atoms with Crippen molar-refractivity contribution in [3.63, 3.8) is 0 Å². The molecular formula is C35H54O7. The Labute approximate surface area is 251 Å². The highest BCUT2D eigenvalue weighted by Crippen LogP contribution is 2.75. The van der Waals surface area contributed by atoms with E-state index in [2.05, 4.69) is 54.5 Å². The van der Waals surface area contributed by atoms with Crippen LogP contribution in [0.15, 0.2) is 22.8 Å². The number of carbonyl (C=O) groups is 1. The van der Waals surface area contributed by atoms with E-state index in [1.54, 1.807) is 0 Å². The number of aliphatic hydroxyl groups excluding tert-OH is 3. The fourth-order valence-corrected chi connectivity index (χ4v) is 11.5. The van der Waals surface area contributed by atoms with Crippen LogP contribution in [0.4, 0.5) is 0 Å². The number of aliphatic hydroxyl groups is 3. The zero-order chi connectivity index (χ0) is 30.6. The quantitative estimate of drug-likeness (QED) is 0.317. The summed E-state index contributed by atoms with van der Waals surface area (Å²) >= 11 is 0. The fourth-order valence-electron chi connectivity index (χ4n) is 11.5. The maximum Gasteiger partial charge on any atom is 0.314 e. The van der Waals surface area contributed by atoms with Crippen molar-refractivity contribution in [2.24, 2.45) is 44.8 Å². The standard InChI is InChI=1S/C35H54O7/c1-19-10-15-35(30(39)40)17-16-33(6)21(26(35)20(19)2)8-9-24-32(5)13-12-25(31(3,4)23(32)11-14-34(24,33)7)42-29-28(38)27(37)22(36)18-41-29/h8,19,22-25,27-29,36-38H,9-18H2,1-7H3,(H,39,40)/t19-,22-,23+,24-,25?,27+,28-,29+,32+,33-,34-,35+/m1/s1. The summed E-state index contributed by atoms with van der Waals surface area (Å²) in [7, 11) is 0. The van der Waals surface area contributed by atoms with Gasteiger partial charge in [0.05, 0.1) is 18.1 Å². The molecule has 0 amide bonds. The van der Waals surface area contributed by atoms with Crippen LogP contribution in [0.3, 0.4) is 0 Å². The number of carboxylic acids is 1. The average Bonchev–Trinajstić information content (AvgIpc) is 2.92. The van der Waals surface area contributed by atoms with Gasteiger partial charge in [0.15, 0.2) is 6.29 Å². The maximum atomic E-state index is 12.9. The Balaban J connectivity index is 1.33. The molecule has 4 N–H and O–H groups in total. The van der Waals surface area contributed by atoms with Crippen molar-refractivity contribution in [3.8, 4) is 0 Å². The highest BCUT2D eigenvalue weighted by atomic mass is 16.7. The van der Waals surface area contributed by atoms with Crippen molar-refractivity contribution in [3.05, 3.63) is 22.8 Å². The van der Waals surface area contributed by atoms with E-state index < -0.39 is 36.0 Å². The molecule has 236 valence electrons. The van der Waals surface area contributed by atoms with E-state index in [-0.39, 0.29) is 34.4 Å². The number of hydrogen-bond donors (Lipinski definition) is 4. The Hall–Kier alpha value is -1.25. The maximum absolute atomic E-state index is 12.9. The van der Waals surface area contributed by atoms with Gasteiger partial charge in [-0.15, -0.1) is 0 Å². The minimum Gasteiger partial charge on any atom is -0.481 e. The van der Waals surface area contributed by atoms with Gasteiger partial charge in [-0.3, -0.25) is 4.79 Å². The van der Waals surface area contributed by atoms with E-state index in [1.165, 1.54) is 16.7 Å². The zero-order valence-corrected chi connectivity index (χ0v) is 26.8. The molecule has 42 heavy (non-hydrogen) atoms. The normalized spacial score (nSPS) is 51.9. The lowest BCUT2D eigenvalue weighted by Crippen LogP contribution is -2.65. The number of allylic oxidation sites excluding steroid dienone is 3. The van der Waals surface area contributed by atoms with E-state index >= 15 is 0 Å². The molecule has 1 aliphatic heterocycles. The Morgan fingerprint density at radius 2 is 1.64 bits per heavy atom. The van der Waals surface area contributed by atoms with Crippen LogP contribution < -0.4 is 0 Å². The lowest BCUT2D eigenvalue weighted by atomic mass is 9.34. The molecule has 6 aliphatic rings. The van der Waals surface area contributed by atoms with Crippen molar-refractivity contribution in [2.45, 2.75) is 137 Å². The minimum atomic E-state index is -1.28. The van der Waals surface area contributed by atoms with Crippen molar-refractivity contribution in [1.82, 2.24) is 0 Å². The van der Waals surface area contributed by atoms with Gasteiger partial charge in [0.2, 0.25) is 0 Å². The molecule has 0 aromatic rings. The molecule has 1 unspecified atom stereocenters. The summed E-state index contributed by atoms with van der Waals surface area (Å²) in [5, 5.41) is 41.3. The molecule has 4 fully saturated rings. The molecule has 7 heteroatoms. The topological polar surface area (TPSA) is 116 Å². The predicted molar refractivity (Wildman–Crippen MR) is 159 cm³/mol. The first-order valence-electron chi connectivity index (χ1n) is 16.5. The third-order valence-electron chi connectivity index (χ3n) is 14.5. The second-order valence-corrected chi connectivity index (χ2v) is 16.4. The summed E-state index contributed by atoms with van der Waals surface area (Å²) in [5.41, 5.74) is 3.00. The van der Waals surface area contributed by atoms with Gasteiger partial charge in [0, 0.05) is 0 Å². The first kappa shape index (κ1) is 30.8. The zero-order valence-electron chi connectivity index (χ0n) is 26.8. The van der Waals surface area contributed by atoms with E-state index in [9.17, 15) is 25.2 Å². The van der Waals surface area contributed by atoms with Crippen molar-refractivity contribution in [2.75, 3.05) is 6.61 Å². The lowest BCUT2D eigenvalue weighted by molar-refractivity contribution is -0.308. The van der Waals surface area contributed by atoms with E-state index in [1.807, 2.05) is 0 Å². The molecule has 5 aliphatic carbocycles. The van der Waals surface area contributed by atoms with E-state index in [0.29, 0.717) is 17.8 Å². The van der Waals surface area contributed by atoms with Gasteiger partial charge < -0.3 is 29.9 Å². The molecule has 0 aromatic heterocycles. The smallest absolute Gasteiger partial charge is 0.314 e. The SMILES string of the molecule is CC1=C2C3=CC[C@@H]4[C@@]5(C)CCC(O[C@@H]6OC[C@@H](O)[C@H](O)[C@H]6O)C(C)(C)[C@@H]5CC[C@@]4(C)[C@]3(C)CC[C@@]2(C(=O)O)CC[C@H]1C. The second-order valence-electron chi connectivity index (χ2n) is 16.4. The molecule has 0 radical (unpaired) electrons. The Morgan fingerprint density at radius 1 is 0.929 bits per heavy atom. The number of carboxylic acid groups (broad SMARTS) is 1. The summed E-state index contributed by atoms with van der Waals surface area (Å²) in [5.74, 6) is 0.671. The van der Waals surface area contributed by atoms with Crippen LogP contribution in [-0.2, 0) is 14.3 Å². The second kappa shape index (κ2) is 9.87. The van der Waals surface area contributed by atoms with Crippen LogP contribution >= 0.6 is 0 Å². The Bertz CT molecular complexity index is 1190. The first-order chi connectivity index (χ1) is 19.5. The van der Waals surface area contributed by atoms with E-state index in [0.717, 1.165) is 57.8 Å². The molecule has 0 spiro atoms. The molecule has 3 saturated carbocycles. The molecule has 7 nitrogen and oxygen atoms in total. The van der Waals surface area contributed by atoms with Crippen molar-refractivity contribution >= 4 is 5.97 Å². The number of ether oxygens (including phenoxy) is 2. The van der Waals surface area contributed by atoms with Gasteiger partial charge in [-0.1, -0.05) is 53.2 Å². The lowest BCUT2D eigenvalue weighted by Gasteiger charge is -2.70. The molecule has 6 rings (SSSR count). The molecule has 0 aromatic carbocycles. The monoisotopic (exact) mass is 586 g/mol. The highest BCUT2D eigenvalue weighted by molar-refractivity contribution is 5.82. The summed E-state index contributed by atoms with van der Waals surface area (Å²) in [6.07, 6.45) is 6.07. The molecule has 1 heterocycles. The Kier molecular flexibility index (Phi) is 7.23. The predicted octanol–water partition coefficient (Wildman–Crippen LogP) is 5.62. The summed E-state index contributed by atoms with van der Waals surface area (Å²) in [6, 6.07) is 0. The van der Waals surface area contributed by atoms with Gasteiger partial charge in [-0.25, -0.2) is 0 Å². The third kappa shape index (κ3) is 3.92. The number of fused-ring (bicyclic) bond motifs is 7. The van der Waals surface area contributed by atoms with Gasteiger partial charge in [-0.05, 0) is 115 Å². The number of hydrogen-bond acceptors (Lipinski definition) is 6. The van der Waals surface area contributed by atoms with Crippen LogP contribution in [0.25, 0.3) is 0 Å². The largest absolute Gasteiger partial charge is 0.481 e. The van der Waals surface area contributed by atoms with Crippen LogP contribution in [0, 0.1) is 44.8 Å². The molecular weight excluding hydrogens is 532 g/mol. The van der Waals surface area contributed by atoms with E-state index in [4.69, 9.17) is 9.47 Å². The average molecular weight is 587 g/mol. The number of rotatable bonds is 3. The molecule has 0 bridgehead atoms. The first-order valence-corrected chi connectivity index (χ1v) is 16.5.